The van der Waals surface area contributed by atoms with Crippen LogP contribution in [0.1, 0.15) is 12.8 Å². The molecule has 4 atom stereocenters. The highest BCUT2D eigenvalue weighted by atomic mass is 35.5. The lowest BCUT2D eigenvalue weighted by Crippen LogP contribution is -2.58. The van der Waals surface area contributed by atoms with Crippen LogP contribution in [-0.4, -0.2) is 123 Å². The second kappa shape index (κ2) is 12.7. The van der Waals surface area contributed by atoms with Crippen LogP contribution < -0.4 is 4.90 Å². The Hall–Kier alpha value is -3.78. The van der Waals surface area contributed by atoms with Gasteiger partial charge in [0, 0.05) is 50.8 Å². The number of benzene rings is 2. The molecule has 44 heavy (non-hydrogen) atoms. The van der Waals surface area contributed by atoms with Crippen LogP contribution >= 0.6 is 11.6 Å². The minimum atomic E-state index is -0.246. The van der Waals surface area contributed by atoms with Crippen molar-refractivity contribution in [1.29, 1.82) is 5.26 Å². The number of carbonyl (C=O) groups is 1. The zero-order chi connectivity index (χ0) is 31.0. The average molecular weight is 618 g/mol. The Morgan fingerprint density at radius 1 is 1.18 bits per heavy atom. The molecule has 0 radical (unpaired) electrons. The molecule has 4 aliphatic heterocycles. The molecule has 2 aromatic carbocycles. The molecule has 4 heterocycles. The summed E-state index contributed by atoms with van der Waals surface area (Å²) in [5.74, 6) is 0.752. The third kappa shape index (κ3) is 5.60. The maximum Gasteiger partial charge on any atom is 0.294 e. The summed E-state index contributed by atoms with van der Waals surface area (Å²) < 4.78 is 12.5. The lowest BCUT2D eigenvalue weighted by molar-refractivity contribution is -0.130. The van der Waals surface area contributed by atoms with Crippen LogP contribution in [0.25, 0.3) is 10.8 Å². The number of hydrogen-bond donors (Lipinski definition) is 0. The lowest BCUT2D eigenvalue weighted by atomic mass is 9.94. The van der Waals surface area contributed by atoms with Gasteiger partial charge in [0.25, 0.3) is 6.02 Å². The van der Waals surface area contributed by atoms with Crippen LogP contribution in [-0.2, 0) is 14.3 Å². The van der Waals surface area contributed by atoms with Crippen LogP contribution in [0.5, 0.6) is 0 Å². The number of nitriles is 1. The Morgan fingerprint density at radius 2 is 1.98 bits per heavy atom. The molecule has 0 saturated carbocycles. The third-order valence-electron chi connectivity index (χ3n) is 9.36. The topological polar surface area (TPSA) is 87.9 Å². The molecule has 3 saturated heterocycles. The Labute approximate surface area is 264 Å². The van der Waals surface area contributed by atoms with E-state index in [9.17, 15) is 10.1 Å². The zero-order valence-corrected chi connectivity index (χ0v) is 26.4. The molecule has 11 heteroatoms. The van der Waals surface area contributed by atoms with Crippen molar-refractivity contribution in [2.75, 3.05) is 72.0 Å². The smallest absolute Gasteiger partial charge is 0.294 e. The predicted octanol–water partition coefficient (Wildman–Crippen LogP) is 3.54. The number of aliphatic imine (C=N–C) groups is 1. The molecule has 3 fully saturated rings. The molecule has 0 spiro atoms. The number of amides is 1. The van der Waals surface area contributed by atoms with Gasteiger partial charge in [0.1, 0.15) is 11.9 Å². The number of nitrogens with zero attached hydrogens (tertiary/aromatic N) is 7. The molecule has 2 unspecified atom stereocenters. The molecule has 1 amide bonds. The van der Waals surface area contributed by atoms with Crippen molar-refractivity contribution in [3.05, 3.63) is 65.5 Å². The van der Waals surface area contributed by atoms with Gasteiger partial charge < -0.3 is 34.0 Å². The molecule has 6 rings (SSSR count). The van der Waals surface area contributed by atoms with E-state index in [1.165, 1.54) is 11.6 Å². The highest BCUT2D eigenvalue weighted by Crippen LogP contribution is 2.38. The van der Waals surface area contributed by atoms with Crippen molar-refractivity contribution in [1.82, 2.24) is 19.6 Å². The van der Waals surface area contributed by atoms with E-state index in [1.807, 2.05) is 26.2 Å². The molecular formula is C33H40ClN7O3. The first-order valence-corrected chi connectivity index (χ1v) is 15.6. The maximum absolute atomic E-state index is 12.6. The van der Waals surface area contributed by atoms with Gasteiger partial charge in [0.15, 0.2) is 0 Å². The number of amidine groups is 1. The molecule has 2 aromatic rings. The quantitative estimate of drug-likeness (QED) is 0.455. The molecular weight excluding hydrogens is 578 g/mol. The summed E-state index contributed by atoms with van der Waals surface area (Å²) in [6, 6.07) is 15.1. The average Bonchev–Trinajstić information content (AvgIpc) is 3.50. The van der Waals surface area contributed by atoms with Crippen molar-refractivity contribution >= 4 is 40.0 Å². The van der Waals surface area contributed by atoms with Crippen molar-refractivity contribution in [3.8, 4) is 6.07 Å². The monoisotopic (exact) mass is 617 g/mol. The van der Waals surface area contributed by atoms with Crippen LogP contribution in [0.2, 0.25) is 5.02 Å². The summed E-state index contributed by atoms with van der Waals surface area (Å²) in [4.78, 5) is 28.5. The first-order chi connectivity index (χ1) is 21.3. The minimum absolute atomic E-state index is 0.00590. The molecule has 232 valence electrons. The van der Waals surface area contributed by atoms with Crippen LogP contribution in [0.3, 0.4) is 0 Å². The van der Waals surface area contributed by atoms with Crippen LogP contribution in [0, 0.1) is 11.3 Å². The van der Waals surface area contributed by atoms with E-state index in [4.69, 9.17) is 26.1 Å². The van der Waals surface area contributed by atoms with E-state index in [0.717, 1.165) is 46.8 Å². The number of piperazine rings is 1. The SMILES string of the molecule is C=CC(=O)N1CCN(C2=C3CCN(c4cccc5cccc(Cl)c45)CC3N(C)C(O[C@@H]3COC[C@@H]3N(C)C)=N2)CC1CC#N. The second-order valence-corrected chi connectivity index (χ2v) is 12.5. The summed E-state index contributed by atoms with van der Waals surface area (Å²) >= 11 is 6.75. The van der Waals surface area contributed by atoms with Gasteiger partial charge in [-0.15, -0.1) is 0 Å². The fourth-order valence-corrected chi connectivity index (χ4v) is 7.23. The fraction of sp³-hybridized carbons (Fsp3) is 0.485. The fourth-order valence-electron chi connectivity index (χ4n) is 6.95. The van der Waals surface area contributed by atoms with Gasteiger partial charge in [-0.05, 0) is 49.7 Å². The van der Waals surface area contributed by atoms with E-state index in [2.05, 4.69) is 63.6 Å². The van der Waals surface area contributed by atoms with E-state index < -0.39 is 0 Å². The Balaban J connectivity index is 1.36. The zero-order valence-electron chi connectivity index (χ0n) is 25.7. The number of likely N-dealkylation sites (N-methyl/N-ethyl adjacent to an activating group) is 2. The van der Waals surface area contributed by atoms with E-state index in [0.29, 0.717) is 38.9 Å². The Kier molecular flexibility index (Phi) is 8.72. The number of fused-ring (bicyclic) bond motifs is 2. The standard InChI is InChI=1S/C33H40ClN7O3/c1-5-30(42)41-17-16-40(18-23(41)12-14-35)32-24-13-15-39(26-11-7-9-22-8-6-10-25(34)31(22)26)19-27(24)38(4)33(36-32)44-29-21-43-20-28(29)37(2)3/h5-11,23,27-29H,1,12-13,15-21H2,2-4H3/t23?,27?,28-,29+/m0/s1. The number of halogens is 1. The molecule has 0 bridgehead atoms. The number of piperidine rings is 1. The molecule has 10 nitrogen and oxygen atoms in total. The van der Waals surface area contributed by atoms with Gasteiger partial charge in [-0.25, -0.2) is 0 Å². The summed E-state index contributed by atoms with van der Waals surface area (Å²) in [5.41, 5.74) is 2.36. The predicted molar refractivity (Wildman–Crippen MR) is 172 cm³/mol. The van der Waals surface area contributed by atoms with E-state index in [1.54, 1.807) is 4.90 Å². The van der Waals surface area contributed by atoms with Gasteiger partial charge in [0.05, 0.1) is 48.9 Å². The number of hydrogen-bond acceptors (Lipinski definition) is 9. The van der Waals surface area contributed by atoms with E-state index in [-0.39, 0.29) is 36.6 Å². The third-order valence-corrected chi connectivity index (χ3v) is 9.68. The van der Waals surface area contributed by atoms with Gasteiger partial charge in [0.2, 0.25) is 5.91 Å². The summed E-state index contributed by atoms with van der Waals surface area (Å²) in [5, 5.41) is 12.5. The second-order valence-electron chi connectivity index (χ2n) is 12.1. The summed E-state index contributed by atoms with van der Waals surface area (Å²) in [7, 11) is 6.14. The van der Waals surface area contributed by atoms with Crippen molar-refractivity contribution in [3.63, 3.8) is 0 Å². The number of ether oxygens (including phenoxy) is 2. The highest BCUT2D eigenvalue weighted by molar-refractivity contribution is 6.36. The van der Waals surface area contributed by atoms with Gasteiger partial charge in [-0.3, -0.25) is 4.79 Å². The number of carbonyl (C=O) groups excluding carboxylic acids is 1. The van der Waals surface area contributed by atoms with Gasteiger partial charge in [-0.1, -0.05) is 42.4 Å². The first kappa shape index (κ1) is 30.3. The Morgan fingerprint density at radius 3 is 2.73 bits per heavy atom. The summed E-state index contributed by atoms with van der Waals surface area (Å²) in [6.07, 6.45) is 2.23. The number of rotatable bonds is 6. The van der Waals surface area contributed by atoms with Gasteiger partial charge in [-0.2, -0.15) is 10.3 Å². The first-order valence-electron chi connectivity index (χ1n) is 15.2. The molecule has 4 aliphatic rings. The minimum Gasteiger partial charge on any atom is -0.457 e. The lowest BCUT2D eigenvalue weighted by Gasteiger charge is -2.47. The van der Waals surface area contributed by atoms with Crippen LogP contribution in [0.4, 0.5) is 5.69 Å². The normalized spacial score (nSPS) is 25.7. The van der Waals surface area contributed by atoms with Crippen LogP contribution in [0.15, 0.2) is 65.4 Å². The molecule has 0 N–H and O–H groups in total. The maximum atomic E-state index is 12.6. The largest absolute Gasteiger partial charge is 0.457 e. The highest BCUT2D eigenvalue weighted by Gasteiger charge is 2.41. The summed E-state index contributed by atoms with van der Waals surface area (Å²) in [6.45, 7) is 7.96. The molecule has 0 aliphatic carbocycles. The molecule has 0 aromatic heterocycles. The Bertz CT molecular complexity index is 1530. The van der Waals surface area contributed by atoms with Gasteiger partial charge >= 0.3 is 0 Å². The van der Waals surface area contributed by atoms with Crippen molar-refractivity contribution in [2.24, 2.45) is 4.99 Å². The van der Waals surface area contributed by atoms with E-state index >= 15 is 0 Å². The number of anilines is 1. The van der Waals surface area contributed by atoms with Crippen molar-refractivity contribution < 1.29 is 14.3 Å². The van der Waals surface area contributed by atoms with Crippen molar-refractivity contribution in [2.45, 2.75) is 37.1 Å².